The van der Waals surface area contributed by atoms with Crippen molar-refractivity contribution in [1.82, 2.24) is 0 Å². The molecule has 0 heterocycles. The molecule has 0 N–H and O–H groups in total. The average Bonchev–Trinajstić information content (AvgIpc) is 2.19. The van der Waals surface area contributed by atoms with Gasteiger partial charge in [-0.1, -0.05) is 30.3 Å². The molecule has 1 aromatic carbocycles. The Morgan fingerprint density at radius 3 is 2.08 bits per heavy atom. The lowest BCUT2D eigenvalue weighted by Crippen LogP contribution is -2.39. The highest BCUT2D eigenvalue weighted by Crippen LogP contribution is 2.12. The zero-order chi connectivity index (χ0) is 9.73. The third-order valence-electron chi connectivity index (χ3n) is 2.23. The molecule has 13 heavy (non-hydrogen) atoms. The van der Waals surface area contributed by atoms with Crippen LogP contribution >= 0.6 is 0 Å². The van der Waals surface area contributed by atoms with Gasteiger partial charge >= 0.3 is 8.56 Å². The fourth-order valence-corrected chi connectivity index (χ4v) is 2.63. The van der Waals surface area contributed by atoms with Gasteiger partial charge in [-0.2, -0.15) is 0 Å². The van der Waals surface area contributed by atoms with Crippen molar-refractivity contribution in [2.75, 3.05) is 14.2 Å². The molecule has 3 heteroatoms. The first-order chi connectivity index (χ1) is 6.20. The molecule has 0 aliphatic heterocycles. The normalized spacial score (nSPS) is 11.6. The van der Waals surface area contributed by atoms with Crippen LogP contribution in [-0.4, -0.2) is 22.8 Å². The summed E-state index contributed by atoms with van der Waals surface area (Å²) in [5.74, 6) is 0. The van der Waals surface area contributed by atoms with E-state index in [2.05, 4.69) is 18.7 Å². The van der Waals surface area contributed by atoms with Gasteiger partial charge in [0.2, 0.25) is 0 Å². The van der Waals surface area contributed by atoms with Crippen LogP contribution < -0.4 is 0 Å². The lowest BCUT2D eigenvalue weighted by molar-refractivity contribution is 0.249. The number of hydrogen-bond donors (Lipinski definition) is 0. The van der Waals surface area contributed by atoms with E-state index in [1.165, 1.54) is 5.56 Å². The van der Waals surface area contributed by atoms with E-state index in [1.54, 1.807) is 14.2 Å². The van der Waals surface area contributed by atoms with Crippen LogP contribution in [0.15, 0.2) is 30.3 Å². The average molecular weight is 196 g/mol. The Balaban J connectivity index is 2.68. The van der Waals surface area contributed by atoms with E-state index >= 15 is 0 Å². The minimum Gasteiger partial charge on any atom is -0.398 e. The molecule has 0 saturated heterocycles. The Kier molecular flexibility index (Phi) is 3.66. The van der Waals surface area contributed by atoms with Crippen LogP contribution in [0.5, 0.6) is 0 Å². The van der Waals surface area contributed by atoms with E-state index in [0.717, 1.165) is 6.04 Å². The summed E-state index contributed by atoms with van der Waals surface area (Å²) >= 11 is 0. The molecule has 0 saturated carbocycles. The predicted octanol–water partition coefficient (Wildman–Crippen LogP) is 2.13. The fraction of sp³-hybridized carbons (Fsp3) is 0.400. The molecule has 72 valence electrons. The maximum absolute atomic E-state index is 5.41. The lowest BCUT2D eigenvalue weighted by Gasteiger charge is -2.22. The van der Waals surface area contributed by atoms with Crippen LogP contribution in [0, 0.1) is 0 Å². The minimum atomic E-state index is -1.94. The molecule has 2 nitrogen and oxygen atoms in total. The summed E-state index contributed by atoms with van der Waals surface area (Å²) in [4.78, 5) is 0. The topological polar surface area (TPSA) is 18.5 Å². The molecule has 0 fully saturated rings. The number of benzene rings is 1. The molecule has 0 radical (unpaired) electrons. The Bertz CT molecular complexity index is 244. The van der Waals surface area contributed by atoms with Gasteiger partial charge in [0.1, 0.15) is 0 Å². The quantitative estimate of drug-likeness (QED) is 0.687. The van der Waals surface area contributed by atoms with Crippen LogP contribution in [0.1, 0.15) is 5.56 Å². The monoisotopic (exact) mass is 196 g/mol. The highest BCUT2D eigenvalue weighted by Gasteiger charge is 2.28. The Hall–Kier alpha value is -0.643. The van der Waals surface area contributed by atoms with Crippen LogP contribution in [0.4, 0.5) is 0 Å². The van der Waals surface area contributed by atoms with Gasteiger partial charge in [0.25, 0.3) is 0 Å². The molecule has 0 atom stereocenters. The number of rotatable bonds is 4. The van der Waals surface area contributed by atoms with E-state index in [0.29, 0.717) is 0 Å². The highest BCUT2D eigenvalue weighted by atomic mass is 28.4. The van der Waals surface area contributed by atoms with E-state index in [9.17, 15) is 0 Å². The standard InChI is InChI=1S/C10H16O2Si/c1-11-13(3,12-2)9-10-7-5-4-6-8-10/h4-8H,9H2,1-3H3. The van der Waals surface area contributed by atoms with Crippen molar-refractivity contribution < 1.29 is 8.85 Å². The first kappa shape index (κ1) is 10.4. The van der Waals surface area contributed by atoms with E-state index in [1.807, 2.05) is 18.2 Å². The highest BCUT2D eigenvalue weighted by molar-refractivity contribution is 6.65. The SMILES string of the molecule is CO[Si](C)(Cc1ccccc1)OC. The molecule has 0 aromatic heterocycles. The van der Waals surface area contributed by atoms with Crippen LogP contribution in [0.25, 0.3) is 0 Å². The summed E-state index contributed by atoms with van der Waals surface area (Å²) in [7, 11) is 1.50. The summed E-state index contributed by atoms with van der Waals surface area (Å²) in [5, 5.41) is 0. The maximum atomic E-state index is 5.41. The first-order valence-corrected chi connectivity index (χ1v) is 6.87. The van der Waals surface area contributed by atoms with E-state index in [-0.39, 0.29) is 0 Å². The van der Waals surface area contributed by atoms with Crippen LogP contribution in [0.2, 0.25) is 6.55 Å². The molecule has 0 unspecified atom stereocenters. The van der Waals surface area contributed by atoms with E-state index in [4.69, 9.17) is 8.85 Å². The molecule has 0 aliphatic rings. The summed E-state index contributed by atoms with van der Waals surface area (Å²) in [6.45, 7) is 2.07. The van der Waals surface area contributed by atoms with Crippen molar-refractivity contribution in [3.05, 3.63) is 35.9 Å². The summed E-state index contributed by atoms with van der Waals surface area (Å²) in [6, 6.07) is 11.2. The Labute approximate surface area is 80.7 Å². The lowest BCUT2D eigenvalue weighted by atomic mass is 10.2. The second kappa shape index (κ2) is 4.55. The van der Waals surface area contributed by atoms with Crippen molar-refractivity contribution in [3.8, 4) is 0 Å². The maximum Gasteiger partial charge on any atom is 0.338 e. The summed E-state index contributed by atoms with van der Waals surface area (Å²) in [6.07, 6.45) is 0. The zero-order valence-electron chi connectivity index (χ0n) is 8.41. The van der Waals surface area contributed by atoms with Gasteiger partial charge in [-0.25, -0.2) is 0 Å². The second-order valence-corrected chi connectivity index (χ2v) is 6.64. The van der Waals surface area contributed by atoms with Crippen LogP contribution in [-0.2, 0) is 14.9 Å². The molecule has 0 aliphatic carbocycles. The molecule has 0 amide bonds. The molecular formula is C10H16O2Si. The van der Waals surface area contributed by atoms with Crippen LogP contribution in [0.3, 0.4) is 0 Å². The van der Waals surface area contributed by atoms with E-state index < -0.39 is 8.56 Å². The van der Waals surface area contributed by atoms with Crippen molar-refractivity contribution in [2.45, 2.75) is 12.6 Å². The Morgan fingerprint density at radius 1 is 1.08 bits per heavy atom. The number of hydrogen-bond acceptors (Lipinski definition) is 2. The van der Waals surface area contributed by atoms with Gasteiger partial charge in [-0.3, -0.25) is 0 Å². The second-order valence-electron chi connectivity index (χ2n) is 3.20. The largest absolute Gasteiger partial charge is 0.398 e. The minimum absolute atomic E-state index is 0.904. The van der Waals surface area contributed by atoms with Gasteiger partial charge in [-0.05, 0) is 12.1 Å². The molecule has 1 rings (SSSR count). The Morgan fingerprint density at radius 2 is 1.62 bits per heavy atom. The predicted molar refractivity (Wildman–Crippen MR) is 55.8 cm³/mol. The fourth-order valence-electron chi connectivity index (χ4n) is 1.19. The molecular weight excluding hydrogens is 180 g/mol. The van der Waals surface area contributed by atoms with Gasteiger partial charge in [0, 0.05) is 20.3 Å². The van der Waals surface area contributed by atoms with Gasteiger partial charge in [-0.15, -0.1) is 0 Å². The van der Waals surface area contributed by atoms with Crippen molar-refractivity contribution in [3.63, 3.8) is 0 Å². The van der Waals surface area contributed by atoms with Gasteiger partial charge < -0.3 is 8.85 Å². The third-order valence-corrected chi connectivity index (χ3v) is 5.01. The van der Waals surface area contributed by atoms with Gasteiger partial charge in [0.15, 0.2) is 0 Å². The zero-order valence-corrected chi connectivity index (χ0v) is 9.41. The van der Waals surface area contributed by atoms with Gasteiger partial charge in [0.05, 0.1) is 0 Å². The molecule has 0 bridgehead atoms. The van der Waals surface area contributed by atoms with Crippen molar-refractivity contribution in [1.29, 1.82) is 0 Å². The third kappa shape index (κ3) is 2.95. The summed E-state index contributed by atoms with van der Waals surface area (Å²) < 4.78 is 10.8. The van der Waals surface area contributed by atoms with Crippen molar-refractivity contribution >= 4 is 8.56 Å². The molecule has 0 spiro atoms. The van der Waals surface area contributed by atoms with Crippen molar-refractivity contribution in [2.24, 2.45) is 0 Å². The molecule has 1 aromatic rings. The smallest absolute Gasteiger partial charge is 0.338 e. The summed E-state index contributed by atoms with van der Waals surface area (Å²) in [5.41, 5.74) is 1.28. The first-order valence-electron chi connectivity index (χ1n) is 4.34.